The van der Waals surface area contributed by atoms with E-state index in [1.165, 1.54) is 0 Å². The maximum Gasteiger partial charge on any atom is 0.256 e. The van der Waals surface area contributed by atoms with Gasteiger partial charge in [0.15, 0.2) is 0 Å². The van der Waals surface area contributed by atoms with Gasteiger partial charge >= 0.3 is 0 Å². The Morgan fingerprint density at radius 2 is 2.00 bits per heavy atom. The van der Waals surface area contributed by atoms with E-state index in [1.807, 2.05) is 30.5 Å². The van der Waals surface area contributed by atoms with Gasteiger partial charge in [-0.2, -0.15) is 0 Å². The minimum Gasteiger partial charge on any atom is -0.327 e. The van der Waals surface area contributed by atoms with Gasteiger partial charge in [0.1, 0.15) is 6.04 Å². The molecule has 3 rings (SSSR count). The molecule has 26 heavy (non-hydrogen) atoms. The molecule has 2 aromatic carbocycles. The van der Waals surface area contributed by atoms with Crippen molar-refractivity contribution >= 4 is 52.5 Å². The van der Waals surface area contributed by atoms with Crippen LogP contribution in [0.25, 0.3) is 0 Å². The monoisotopic (exact) mass is 408 g/mol. The number of anilines is 1. The van der Waals surface area contributed by atoms with E-state index in [4.69, 9.17) is 23.2 Å². The maximum absolute atomic E-state index is 12.9. The van der Waals surface area contributed by atoms with Crippen LogP contribution in [0.2, 0.25) is 10.0 Å². The molecule has 1 aliphatic rings. The van der Waals surface area contributed by atoms with Crippen molar-refractivity contribution in [3.63, 3.8) is 0 Å². The standard InChI is InChI=1S/C19H18Cl2N2O2S/c1-26-14-5-2-4-13(11-14)22-18(24)17-6-3-9-23(17)19(25)15-10-12(20)7-8-16(15)21/h2,4-5,7-8,10-11,17H,3,6,9H2,1H3,(H,22,24). The topological polar surface area (TPSA) is 49.4 Å². The van der Waals surface area contributed by atoms with Gasteiger partial charge < -0.3 is 10.2 Å². The van der Waals surface area contributed by atoms with Gasteiger partial charge in [-0.1, -0.05) is 29.3 Å². The molecule has 0 aromatic heterocycles. The third kappa shape index (κ3) is 4.17. The largest absolute Gasteiger partial charge is 0.327 e. The van der Waals surface area contributed by atoms with Crippen LogP contribution in [-0.2, 0) is 4.79 Å². The number of amides is 2. The normalized spacial score (nSPS) is 16.6. The third-order valence-corrected chi connectivity index (χ3v) is 5.60. The fourth-order valence-corrected chi connectivity index (χ4v) is 3.85. The summed E-state index contributed by atoms with van der Waals surface area (Å²) in [5, 5.41) is 3.68. The Morgan fingerprint density at radius 1 is 1.19 bits per heavy atom. The highest BCUT2D eigenvalue weighted by Crippen LogP contribution is 2.27. The number of hydrogen-bond acceptors (Lipinski definition) is 3. The van der Waals surface area contributed by atoms with Crippen molar-refractivity contribution in [1.82, 2.24) is 4.90 Å². The van der Waals surface area contributed by atoms with Gasteiger partial charge in [0, 0.05) is 22.2 Å². The van der Waals surface area contributed by atoms with Crippen LogP contribution in [0.3, 0.4) is 0 Å². The molecular weight excluding hydrogens is 391 g/mol. The van der Waals surface area contributed by atoms with E-state index in [-0.39, 0.29) is 11.8 Å². The van der Waals surface area contributed by atoms with Gasteiger partial charge in [0.2, 0.25) is 5.91 Å². The molecule has 2 amide bonds. The molecule has 0 spiro atoms. The van der Waals surface area contributed by atoms with E-state index < -0.39 is 6.04 Å². The van der Waals surface area contributed by atoms with Crippen LogP contribution in [-0.4, -0.2) is 35.6 Å². The second-order valence-electron chi connectivity index (χ2n) is 6.00. The SMILES string of the molecule is CSc1cccc(NC(=O)C2CCCN2C(=O)c2cc(Cl)ccc2Cl)c1. The minimum atomic E-state index is -0.518. The van der Waals surface area contributed by atoms with E-state index in [2.05, 4.69) is 5.32 Å². The highest BCUT2D eigenvalue weighted by Gasteiger charge is 2.35. The summed E-state index contributed by atoms with van der Waals surface area (Å²) in [5.74, 6) is -0.458. The summed E-state index contributed by atoms with van der Waals surface area (Å²) in [6, 6.07) is 11.9. The first-order valence-electron chi connectivity index (χ1n) is 8.20. The lowest BCUT2D eigenvalue weighted by atomic mass is 10.1. The van der Waals surface area contributed by atoms with Gasteiger partial charge in [-0.15, -0.1) is 11.8 Å². The number of carbonyl (C=O) groups excluding carboxylic acids is 2. The molecule has 1 aliphatic heterocycles. The molecular formula is C19H18Cl2N2O2S. The van der Waals surface area contributed by atoms with Crippen molar-refractivity contribution in [2.75, 3.05) is 18.1 Å². The Bertz CT molecular complexity index is 844. The number of likely N-dealkylation sites (tertiary alicyclic amines) is 1. The number of halogens is 2. The average molecular weight is 409 g/mol. The molecule has 0 bridgehead atoms. The molecule has 0 radical (unpaired) electrons. The summed E-state index contributed by atoms with van der Waals surface area (Å²) in [5.41, 5.74) is 1.05. The smallest absolute Gasteiger partial charge is 0.256 e. The summed E-state index contributed by atoms with van der Waals surface area (Å²) in [6.45, 7) is 0.518. The molecule has 1 heterocycles. The lowest BCUT2D eigenvalue weighted by Gasteiger charge is -2.24. The molecule has 1 atom stereocenters. The molecule has 1 unspecified atom stereocenters. The van der Waals surface area contributed by atoms with Gasteiger partial charge in [0.25, 0.3) is 5.91 Å². The van der Waals surface area contributed by atoms with Crippen molar-refractivity contribution in [2.24, 2.45) is 0 Å². The van der Waals surface area contributed by atoms with Gasteiger partial charge in [0.05, 0.1) is 10.6 Å². The molecule has 7 heteroatoms. The van der Waals surface area contributed by atoms with Crippen molar-refractivity contribution in [3.05, 3.63) is 58.1 Å². The quantitative estimate of drug-likeness (QED) is 0.727. The Balaban J connectivity index is 1.77. The number of benzene rings is 2. The van der Waals surface area contributed by atoms with Crippen LogP contribution >= 0.6 is 35.0 Å². The maximum atomic E-state index is 12.9. The lowest BCUT2D eigenvalue weighted by molar-refractivity contribution is -0.119. The van der Waals surface area contributed by atoms with Crippen LogP contribution in [0, 0.1) is 0 Å². The second kappa shape index (κ2) is 8.33. The average Bonchev–Trinajstić information content (AvgIpc) is 3.13. The lowest BCUT2D eigenvalue weighted by Crippen LogP contribution is -2.43. The van der Waals surface area contributed by atoms with Gasteiger partial charge in [-0.05, 0) is 55.5 Å². The first-order valence-corrected chi connectivity index (χ1v) is 10.2. The zero-order chi connectivity index (χ0) is 18.7. The number of nitrogens with one attached hydrogen (secondary N) is 1. The first-order chi connectivity index (χ1) is 12.5. The Labute approximate surface area is 166 Å². The van der Waals surface area contributed by atoms with E-state index >= 15 is 0 Å². The molecule has 0 saturated carbocycles. The van der Waals surface area contributed by atoms with Crippen molar-refractivity contribution in [2.45, 2.75) is 23.8 Å². The highest BCUT2D eigenvalue weighted by molar-refractivity contribution is 7.98. The molecule has 1 fully saturated rings. The summed E-state index contributed by atoms with van der Waals surface area (Å²) < 4.78 is 0. The summed E-state index contributed by atoms with van der Waals surface area (Å²) in [4.78, 5) is 28.3. The molecule has 1 N–H and O–H groups in total. The van der Waals surface area contributed by atoms with Crippen molar-refractivity contribution in [1.29, 1.82) is 0 Å². The Morgan fingerprint density at radius 3 is 2.77 bits per heavy atom. The third-order valence-electron chi connectivity index (χ3n) is 4.31. The van der Waals surface area contributed by atoms with E-state index in [0.29, 0.717) is 28.6 Å². The summed E-state index contributed by atoms with van der Waals surface area (Å²) in [6.07, 6.45) is 3.37. The van der Waals surface area contributed by atoms with Crippen LogP contribution in [0.5, 0.6) is 0 Å². The molecule has 2 aromatic rings. The predicted octanol–water partition coefficient (Wildman–Crippen LogP) is 4.96. The molecule has 4 nitrogen and oxygen atoms in total. The molecule has 0 aliphatic carbocycles. The Hall–Kier alpha value is -1.69. The van der Waals surface area contributed by atoms with Crippen molar-refractivity contribution < 1.29 is 9.59 Å². The first kappa shape index (κ1) is 19.1. The number of hydrogen-bond donors (Lipinski definition) is 1. The Kier molecular flexibility index (Phi) is 6.12. The van der Waals surface area contributed by atoms with Gasteiger partial charge in [-0.3, -0.25) is 9.59 Å². The zero-order valence-electron chi connectivity index (χ0n) is 14.2. The fraction of sp³-hybridized carbons (Fsp3) is 0.263. The predicted molar refractivity (Wildman–Crippen MR) is 107 cm³/mol. The number of nitrogens with zero attached hydrogens (tertiary/aromatic N) is 1. The minimum absolute atomic E-state index is 0.188. The number of rotatable bonds is 4. The molecule has 1 saturated heterocycles. The summed E-state index contributed by atoms with van der Waals surface area (Å²) >= 11 is 13.7. The summed E-state index contributed by atoms with van der Waals surface area (Å²) in [7, 11) is 0. The highest BCUT2D eigenvalue weighted by atomic mass is 35.5. The molecule has 136 valence electrons. The van der Waals surface area contributed by atoms with Crippen LogP contribution in [0.15, 0.2) is 47.4 Å². The van der Waals surface area contributed by atoms with Crippen LogP contribution in [0.1, 0.15) is 23.2 Å². The van der Waals surface area contributed by atoms with Crippen LogP contribution < -0.4 is 5.32 Å². The number of carbonyl (C=O) groups is 2. The second-order valence-corrected chi connectivity index (χ2v) is 7.73. The van der Waals surface area contributed by atoms with Gasteiger partial charge in [-0.25, -0.2) is 0 Å². The van der Waals surface area contributed by atoms with E-state index in [9.17, 15) is 9.59 Å². The van der Waals surface area contributed by atoms with E-state index in [1.54, 1.807) is 34.9 Å². The van der Waals surface area contributed by atoms with E-state index in [0.717, 1.165) is 17.0 Å². The number of thioether (sulfide) groups is 1. The van der Waals surface area contributed by atoms with Crippen molar-refractivity contribution in [3.8, 4) is 0 Å². The zero-order valence-corrected chi connectivity index (χ0v) is 16.5. The van der Waals surface area contributed by atoms with Crippen LogP contribution in [0.4, 0.5) is 5.69 Å². The fourth-order valence-electron chi connectivity index (χ4n) is 3.02.